The van der Waals surface area contributed by atoms with Crippen LogP contribution in [0.4, 0.5) is 0 Å². The van der Waals surface area contributed by atoms with Gasteiger partial charge in [0.2, 0.25) is 0 Å². The average molecular weight is 251 g/mol. The van der Waals surface area contributed by atoms with Crippen LogP contribution in [0.1, 0.15) is 64.7 Å². The number of unbranched alkanes of at least 4 members (excludes halogenated alkanes) is 3. The summed E-state index contributed by atoms with van der Waals surface area (Å²) in [6.45, 7) is 6.36. The van der Waals surface area contributed by atoms with Gasteiger partial charge in [0.25, 0.3) is 0 Å². The van der Waals surface area contributed by atoms with Crippen molar-refractivity contribution in [2.45, 2.75) is 76.9 Å². The third kappa shape index (κ3) is 2.75. The Balaban J connectivity index is 1.24. The van der Waals surface area contributed by atoms with Crippen LogP contribution < -0.4 is 0 Å². The van der Waals surface area contributed by atoms with E-state index in [1.54, 1.807) is 0 Å². The maximum absolute atomic E-state index is 6.08. The van der Waals surface area contributed by atoms with Gasteiger partial charge >= 0.3 is 0 Å². The molecule has 0 aromatic rings. The molecule has 2 saturated carbocycles. The van der Waals surface area contributed by atoms with Crippen LogP contribution in [0.2, 0.25) is 0 Å². The molecule has 0 amide bonds. The lowest BCUT2D eigenvalue weighted by Gasteiger charge is -2.59. The lowest BCUT2D eigenvalue weighted by molar-refractivity contribution is -0.179. The van der Waals surface area contributed by atoms with Crippen LogP contribution in [0.25, 0.3) is 0 Å². The van der Waals surface area contributed by atoms with E-state index < -0.39 is 0 Å². The highest BCUT2D eigenvalue weighted by molar-refractivity contribution is 5.05. The second-order valence-electron chi connectivity index (χ2n) is 6.99. The molecule has 3 aliphatic rings. The molecule has 104 valence electrons. The minimum Gasteiger partial charge on any atom is -0.375 e. The van der Waals surface area contributed by atoms with E-state index in [-0.39, 0.29) is 0 Å². The predicted octanol–water partition coefficient (Wildman–Crippen LogP) is 3.60. The van der Waals surface area contributed by atoms with Gasteiger partial charge in [0.05, 0.1) is 12.2 Å². The molecule has 0 aromatic heterocycles. The standard InChI is InChI=1S/C16H29NO/c1-2-3-4-5-9-17-12-16(13-17)10-15(11-16)18-14-7-6-8-14/h14-15H,2-13H2,1H3. The highest BCUT2D eigenvalue weighted by Gasteiger charge is 2.52. The lowest BCUT2D eigenvalue weighted by atomic mass is 9.61. The molecule has 3 rings (SSSR count). The first-order valence-electron chi connectivity index (χ1n) is 8.17. The Labute approximate surface area is 112 Å². The highest BCUT2D eigenvalue weighted by Crippen LogP contribution is 2.50. The SMILES string of the molecule is CCCCCCN1CC2(CC(OC3CCC3)C2)C1. The quantitative estimate of drug-likeness (QED) is 0.641. The van der Waals surface area contributed by atoms with Crippen molar-refractivity contribution < 1.29 is 4.74 Å². The van der Waals surface area contributed by atoms with Crippen LogP contribution in [0.15, 0.2) is 0 Å². The van der Waals surface area contributed by atoms with Crippen molar-refractivity contribution in [1.82, 2.24) is 4.90 Å². The number of rotatable bonds is 7. The Kier molecular flexibility index (Phi) is 3.95. The number of hydrogen-bond donors (Lipinski definition) is 0. The fourth-order valence-corrected chi connectivity index (χ4v) is 3.86. The maximum Gasteiger partial charge on any atom is 0.0591 e. The summed E-state index contributed by atoms with van der Waals surface area (Å²) < 4.78 is 6.08. The average Bonchev–Trinajstić information content (AvgIpc) is 2.20. The van der Waals surface area contributed by atoms with E-state index in [1.165, 1.54) is 77.4 Å². The van der Waals surface area contributed by atoms with Crippen molar-refractivity contribution in [3.05, 3.63) is 0 Å². The number of ether oxygens (including phenoxy) is 1. The van der Waals surface area contributed by atoms with Gasteiger partial charge in [-0.3, -0.25) is 0 Å². The highest BCUT2D eigenvalue weighted by atomic mass is 16.5. The van der Waals surface area contributed by atoms with Crippen molar-refractivity contribution in [3.8, 4) is 0 Å². The molecular weight excluding hydrogens is 222 g/mol. The van der Waals surface area contributed by atoms with Crippen LogP contribution in [-0.4, -0.2) is 36.7 Å². The first-order valence-corrected chi connectivity index (χ1v) is 8.17. The molecule has 0 atom stereocenters. The molecule has 0 bridgehead atoms. The van der Waals surface area contributed by atoms with Crippen LogP contribution in [0.5, 0.6) is 0 Å². The van der Waals surface area contributed by atoms with Gasteiger partial charge in [0, 0.05) is 18.5 Å². The Hall–Kier alpha value is -0.0800. The zero-order valence-electron chi connectivity index (χ0n) is 12.0. The molecule has 2 nitrogen and oxygen atoms in total. The molecule has 18 heavy (non-hydrogen) atoms. The van der Waals surface area contributed by atoms with E-state index in [2.05, 4.69) is 11.8 Å². The summed E-state index contributed by atoms with van der Waals surface area (Å²) >= 11 is 0. The Morgan fingerprint density at radius 3 is 2.44 bits per heavy atom. The van der Waals surface area contributed by atoms with Gasteiger partial charge in [0.1, 0.15) is 0 Å². The molecule has 1 spiro atoms. The molecular formula is C16H29NO. The van der Waals surface area contributed by atoms with Crippen molar-refractivity contribution in [1.29, 1.82) is 0 Å². The van der Waals surface area contributed by atoms with Crippen LogP contribution in [0.3, 0.4) is 0 Å². The van der Waals surface area contributed by atoms with Gasteiger partial charge in [-0.05, 0) is 45.1 Å². The first-order chi connectivity index (χ1) is 8.80. The van der Waals surface area contributed by atoms with Crippen molar-refractivity contribution in [2.24, 2.45) is 5.41 Å². The minimum absolute atomic E-state index is 0.623. The molecule has 1 aliphatic heterocycles. The van der Waals surface area contributed by atoms with Crippen LogP contribution in [0, 0.1) is 5.41 Å². The fraction of sp³-hybridized carbons (Fsp3) is 1.00. The molecule has 1 saturated heterocycles. The number of nitrogens with zero attached hydrogens (tertiary/aromatic N) is 1. The summed E-state index contributed by atoms with van der Waals surface area (Å²) in [5.41, 5.74) is 0.694. The Morgan fingerprint density at radius 2 is 1.83 bits per heavy atom. The van der Waals surface area contributed by atoms with Crippen molar-refractivity contribution in [2.75, 3.05) is 19.6 Å². The lowest BCUT2D eigenvalue weighted by Crippen LogP contribution is -2.64. The summed E-state index contributed by atoms with van der Waals surface area (Å²) in [6.07, 6.45) is 13.6. The van der Waals surface area contributed by atoms with Crippen molar-refractivity contribution >= 4 is 0 Å². The summed E-state index contributed by atoms with van der Waals surface area (Å²) in [5, 5.41) is 0. The van der Waals surface area contributed by atoms with E-state index in [1.807, 2.05) is 0 Å². The summed E-state index contributed by atoms with van der Waals surface area (Å²) in [4.78, 5) is 2.66. The van der Waals surface area contributed by atoms with E-state index in [0.29, 0.717) is 17.6 Å². The molecule has 0 N–H and O–H groups in total. The Morgan fingerprint density at radius 1 is 1.06 bits per heavy atom. The molecule has 0 unspecified atom stereocenters. The molecule has 2 aliphatic carbocycles. The molecule has 0 aromatic carbocycles. The molecule has 0 radical (unpaired) electrons. The van der Waals surface area contributed by atoms with E-state index in [9.17, 15) is 0 Å². The normalized spacial score (nSPS) is 27.8. The van der Waals surface area contributed by atoms with E-state index >= 15 is 0 Å². The zero-order valence-corrected chi connectivity index (χ0v) is 12.0. The van der Waals surface area contributed by atoms with Crippen molar-refractivity contribution in [3.63, 3.8) is 0 Å². The largest absolute Gasteiger partial charge is 0.375 e. The second-order valence-corrected chi connectivity index (χ2v) is 6.99. The van der Waals surface area contributed by atoms with Gasteiger partial charge in [-0.25, -0.2) is 0 Å². The smallest absolute Gasteiger partial charge is 0.0591 e. The summed E-state index contributed by atoms with van der Waals surface area (Å²) in [6, 6.07) is 0. The number of hydrogen-bond acceptors (Lipinski definition) is 2. The zero-order chi connectivity index (χ0) is 12.4. The maximum atomic E-state index is 6.08. The van der Waals surface area contributed by atoms with Gasteiger partial charge in [0.15, 0.2) is 0 Å². The van der Waals surface area contributed by atoms with Crippen LogP contribution >= 0.6 is 0 Å². The Bertz CT molecular complexity index is 260. The monoisotopic (exact) mass is 251 g/mol. The van der Waals surface area contributed by atoms with Gasteiger partial charge in [-0.1, -0.05) is 26.2 Å². The van der Waals surface area contributed by atoms with Gasteiger partial charge in [-0.15, -0.1) is 0 Å². The predicted molar refractivity (Wildman–Crippen MR) is 74.8 cm³/mol. The first kappa shape index (κ1) is 12.9. The third-order valence-corrected chi connectivity index (χ3v) is 5.20. The van der Waals surface area contributed by atoms with E-state index in [4.69, 9.17) is 4.74 Å². The third-order valence-electron chi connectivity index (χ3n) is 5.20. The minimum atomic E-state index is 0.623. The van der Waals surface area contributed by atoms with E-state index in [0.717, 1.165) is 0 Å². The number of likely N-dealkylation sites (tertiary alicyclic amines) is 1. The van der Waals surface area contributed by atoms with Gasteiger partial charge < -0.3 is 9.64 Å². The molecule has 1 heterocycles. The summed E-state index contributed by atoms with van der Waals surface area (Å²) in [7, 11) is 0. The molecule has 3 fully saturated rings. The fourth-order valence-electron chi connectivity index (χ4n) is 3.86. The topological polar surface area (TPSA) is 12.5 Å². The van der Waals surface area contributed by atoms with Gasteiger partial charge in [-0.2, -0.15) is 0 Å². The summed E-state index contributed by atoms with van der Waals surface area (Å²) in [5.74, 6) is 0. The van der Waals surface area contributed by atoms with Crippen LogP contribution in [-0.2, 0) is 4.74 Å². The molecule has 2 heteroatoms. The second kappa shape index (κ2) is 5.50.